The zero-order valence-corrected chi connectivity index (χ0v) is 14.0. The molecule has 6 heteroatoms. The summed E-state index contributed by atoms with van der Waals surface area (Å²) in [7, 11) is 0. The van der Waals surface area contributed by atoms with Crippen molar-refractivity contribution < 1.29 is 19.1 Å². The van der Waals surface area contributed by atoms with Crippen molar-refractivity contribution in [2.24, 2.45) is 17.8 Å². The highest BCUT2D eigenvalue weighted by molar-refractivity contribution is 6.04. The summed E-state index contributed by atoms with van der Waals surface area (Å²) in [5.74, 6) is -0.562. The molecule has 3 rings (SSSR count). The van der Waals surface area contributed by atoms with Gasteiger partial charge in [-0.25, -0.2) is 4.39 Å². The Morgan fingerprint density at radius 2 is 2.00 bits per heavy atom. The number of aliphatic hydroxyl groups excluding tert-OH is 1. The standard InChI is InChI=1S/C18H23FN2O3/c1-10-5-6-21(9-16(10)22)18(24)14-8-12(19)3-4-15(14)20-17(23)13-7-11(13)2/h3-4,8,10-11,13,16,22H,5-7,9H2,1-2H3,(H,20,23). The van der Waals surface area contributed by atoms with Crippen LogP contribution in [0.3, 0.4) is 0 Å². The summed E-state index contributed by atoms with van der Waals surface area (Å²) in [5, 5.41) is 12.7. The smallest absolute Gasteiger partial charge is 0.256 e. The van der Waals surface area contributed by atoms with Crippen molar-refractivity contribution in [3.8, 4) is 0 Å². The lowest BCUT2D eigenvalue weighted by molar-refractivity contribution is -0.117. The second-order valence-corrected chi connectivity index (χ2v) is 7.08. The number of carbonyl (C=O) groups is 2. The highest BCUT2D eigenvalue weighted by Crippen LogP contribution is 2.38. The number of carbonyl (C=O) groups excluding carboxylic acids is 2. The van der Waals surface area contributed by atoms with Crippen LogP contribution in [-0.2, 0) is 4.79 Å². The predicted molar refractivity (Wildman–Crippen MR) is 88.0 cm³/mol. The lowest BCUT2D eigenvalue weighted by Crippen LogP contribution is -2.46. The minimum Gasteiger partial charge on any atom is -0.391 e. The number of anilines is 1. The van der Waals surface area contributed by atoms with Crippen LogP contribution in [0.5, 0.6) is 0 Å². The Balaban J connectivity index is 1.79. The number of likely N-dealkylation sites (tertiary alicyclic amines) is 1. The summed E-state index contributed by atoms with van der Waals surface area (Å²) >= 11 is 0. The fourth-order valence-corrected chi connectivity index (χ4v) is 3.12. The molecule has 4 atom stereocenters. The first-order chi connectivity index (χ1) is 11.4. The highest BCUT2D eigenvalue weighted by atomic mass is 19.1. The van der Waals surface area contributed by atoms with Crippen molar-refractivity contribution in [2.75, 3.05) is 18.4 Å². The van der Waals surface area contributed by atoms with E-state index in [0.717, 1.165) is 12.5 Å². The SMILES string of the molecule is CC1CCN(C(=O)c2cc(F)ccc2NC(=O)C2CC2C)CC1O. The molecule has 130 valence electrons. The molecule has 1 saturated heterocycles. The summed E-state index contributed by atoms with van der Waals surface area (Å²) < 4.78 is 13.7. The Labute approximate surface area is 140 Å². The van der Waals surface area contributed by atoms with Crippen molar-refractivity contribution in [2.45, 2.75) is 32.8 Å². The van der Waals surface area contributed by atoms with E-state index >= 15 is 0 Å². The average molecular weight is 334 g/mol. The van der Waals surface area contributed by atoms with Crippen LogP contribution in [0.15, 0.2) is 18.2 Å². The Hall–Kier alpha value is -1.95. The number of β-amino-alcohol motifs (C(OH)–C–C–N with tert-alkyl or cyclic N) is 1. The van der Waals surface area contributed by atoms with Gasteiger partial charge in [0.05, 0.1) is 17.4 Å². The average Bonchev–Trinajstić information content (AvgIpc) is 3.28. The van der Waals surface area contributed by atoms with Crippen LogP contribution in [0, 0.1) is 23.6 Å². The van der Waals surface area contributed by atoms with Gasteiger partial charge in [0.25, 0.3) is 5.91 Å². The predicted octanol–water partition coefficient (Wildman–Crippen LogP) is 2.26. The summed E-state index contributed by atoms with van der Waals surface area (Å²) in [6.07, 6.45) is 0.956. The minimum absolute atomic E-state index is 0.0318. The van der Waals surface area contributed by atoms with Crippen molar-refractivity contribution in [3.63, 3.8) is 0 Å². The highest BCUT2D eigenvalue weighted by Gasteiger charge is 2.39. The molecule has 2 amide bonds. The molecule has 2 aliphatic rings. The van der Waals surface area contributed by atoms with Crippen molar-refractivity contribution >= 4 is 17.5 Å². The topological polar surface area (TPSA) is 69.6 Å². The van der Waals surface area contributed by atoms with Crippen molar-refractivity contribution in [1.29, 1.82) is 0 Å². The molecule has 1 aromatic carbocycles. The Bertz CT molecular complexity index is 664. The molecule has 1 aliphatic heterocycles. The van der Waals surface area contributed by atoms with Crippen LogP contribution < -0.4 is 5.32 Å². The van der Waals surface area contributed by atoms with Crippen LogP contribution >= 0.6 is 0 Å². The van der Waals surface area contributed by atoms with Gasteiger partial charge < -0.3 is 15.3 Å². The van der Waals surface area contributed by atoms with E-state index in [4.69, 9.17) is 0 Å². The molecule has 0 bridgehead atoms. The van der Waals surface area contributed by atoms with Crippen molar-refractivity contribution in [1.82, 2.24) is 4.90 Å². The van der Waals surface area contributed by atoms with Gasteiger partial charge in [-0.2, -0.15) is 0 Å². The van der Waals surface area contributed by atoms with Crippen LogP contribution in [0.25, 0.3) is 0 Å². The third-order valence-corrected chi connectivity index (χ3v) is 5.12. The van der Waals surface area contributed by atoms with E-state index in [9.17, 15) is 19.1 Å². The lowest BCUT2D eigenvalue weighted by Gasteiger charge is -2.34. The summed E-state index contributed by atoms with van der Waals surface area (Å²) in [5.41, 5.74) is 0.469. The second kappa shape index (κ2) is 6.51. The maximum absolute atomic E-state index is 13.7. The van der Waals surface area contributed by atoms with Gasteiger partial charge in [0.1, 0.15) is 5.82 Å². The number of rotatable bonds is 3. The van der Waals surface area contributed by atoms with Gasteiger partial charge in [-0.15, -0.1) is 0 Å². The molecular weight excluding hydrogens is 311 g/mol. The Kier molecular flexibility index (Phi) is 4.58. The number of halogens is 1. The molecule has 1 aromatic rings. The second-order valence-electron chi connectivity index (χ2n) is 7.08. The fourth-order valence-electron chi connectivity index (χ4n) is 3.12. The minimum atomic E-state index is -0.582. The van der Waals surface area contributed by atoms with E-state index in [-0.39, 0.29) is 35.8 Å². The molecule has 0 spiro atoms. The van der Waals surface area contributed by atoms with Gasteiger partial charge in [0, 0.05) is 19.0 Å². The molecule has 24 heavy (non-hydrogen) atoms. The van der Waals surface area contributed by atoms with Crippen LogP contribution in [0.1, 0.15) is 37.0 Å². The van der Waals surface area contributed by atoms with E-state index in [1.165, 1.54) is 17.0 Å². The quantitative estimate of drug-likeness (QED) is 0.891. The third-order valence-electron chi connectivity index (χ3n) is 5.12. The van der Waals surface area contributed by atoms with E-state index in [1.54, 1.807) is 0 Å². The molecule has 0 radical (unpaired) electrons. The summed E-state index contributed by atoms with van der Waals surface area (Å²) in [4.78, 5) is 26.4. The monoisotopic (exact) mass is 334 g/mol. The van der Waals surface area contributed by atoms with E-state index in [1.807, 2.05) is 13.8 Å². The van der Waals surface area contributed by atoms with Crippen molar-refractivity contribution in [3.05, 3.63) is 29.6 Å². The normalized spacial score (nSPS) is 29.2. The number of benzene rings is 1. The summed E-state index contributed by atoms with van der Waals surface area (Å²) in [6, 6.07) is 3.81. The molecule has 4 unspecified atom stereocenters. The van der Waals surface area contributed by atoms with E-state index in [2.05, 4.69) is 5.32 Å². The van der Waals surface area contributed by atoms with Gasteiger partial charge in [-0.1, -0.05) is 13.8 Å². The van der Waals surface area contributed by atoms with Gasteiger partial charge >= 0.3 is 0 Å². The fraction of sp³-hybridized carbons (Fsp3) is 0.556. The molecule has 1 heterocycles. The number of hydrogen-bond donors (Lipinski definition) is 2. The van der Waals surface area contributed by atoms with E-state index < -0.39 is 11.9 Å². The number of nitrogens with zero attached hydrogens (tertiary/aromatic N) is 1. The molecular formula is C18H23FN2O3. The van der Waals surface area contributed by atoms with E-state index in [0.29, 0.717) is 24.6 Å². The molecule has 2 fully saturated rings. The van der Waals surface area contributed by atoms with Gasteiger partial charge in [0.15, 0.2) is 0 Å². The molecule has 1 saturated carbocycles. The first-order valence-corrected chi connectivity index (χ1v) is 8.44. The Morgan fingerprint density at radius 3 is 2.62 bits per heavy atom. The zero-order valence-electron chi connectivity index (χ0n) is 14.0. The van der Waals surface area contributed by atoms with Gasteiger partial charge in [-0.05, 0) is 42.9 Å². The number of piperidine rings is 1. The lowest BCUT2D eigenvalue weighted by atomic mass is 9.95. The maximum atomic E-state index is 13.7. The largest absolute Gasteiger partial charge is 0.391 e. The van der Waals surface area contributed by atoms with Gasteiger partial charge in [-0.3, -0.25) is 9.59 Å². The zero-order chi connectivity index (χ0) is 17.4. The van der Waals surface area contributed by atoms with Crippen LogP contribution in [0.4, 0.5) is 10.1 Å². The summed E-state index contributed by atoms with van der Waals surface area (Å²) in [6.45, 7) is 4.68. The number of hydrogen-bond acceptors (Lipinski definition) is 3. The first kappa shape index (κ1) is 16.9. The van der Waals surface area contributed by atoms with Crippen LogP contribution in [0.2, 0.25) is 0 Å². The van der Waals surface area contributed by atoms with Gasteiger partial charge in [0.2, 0.25) is 5.91 Å². The molecule has 0 aromatic heterocycles. The Morgan fingerprint density at radius 1 is 1.29 bits per heavy atom. The molecule has 1 aliphatic carbocycles. The number of aliphatic hydroxyl groups is 1. The third kappa shape index (κ3) is 3.43. The van der Waals surface area contributed by atoms with Crippen LogP contribution in [-0.4, -0.2) is 41.0 Å². The molecule has 2 N–H and O–H groups in total. The number of nitrogens with one attached hydrogen (secondary N) is 1. The molecule has 5 nitrogen and oxygen atoms in total. The number of amides is 2. The maximum Gasteiger partial charge on any atom is 0.256 e. The first-order valence-electron chi connectivity index (χ1n) is 8.44.